The highest BCUT2D eigenvalue weighted by Crippen LogP contribution is 2.23. The van der Waals surface area contributed by atoms with Gasteiger partial charge in [-0.25, -0.2) is 13.8 Å². The van der Waals surface area contributed by atoms with E-state index in [1.54, 1.807) is 4.68 Å². The van der Waals surface area contributed by atoms with Gasteiger partial charge in [0.15, 0.2) is 0 Å². The molecule has 96 valence electrons. The molecule has 2 aromatic rings. The molecule has 0 spiro atoms. The highest BCUT2D eigenvalue weighted by atomic mass is 19.1. The number of rotatable bonds is 4. The van der Waals surface area contributed by atoms with Crippen LogP contribution in [0.15, 0.2) is 24.5 Å². The fraction of sp³-hybridized carbons (Fsp3) is 0.333. The van der Waals surface area contributed by atoms with E-state index in [1.807, 2.05) is 6.92 Å². The van der Waals surface area contributed by atoms with Crippen molar-refractivity contribution < 1.29 is 13.9 Å². The Labute approximate surface area is 103 Å². The minimum atomic E-state index is -1.28. The van der Waals surface area contributed by atoms with Crippen LogP contribution in [0.2, 0.25) is 0 Å². The predicted octanol–water partition coefficient (Wildman–Crippen LogP) is 1.85. The van der Waals surface area contributed by atoms with E-state index in [0.717, 1.165) is 12.1 Å². The normalized spacial score (nSPS) is 12.7. The number of hydrogen-bond acceptors (Lipinski definition) is 3. The summed E-state index contributed by atoms with van der Waals surface area (Å²) in [6, 6.07) is 3.49. The first-order valence-corrected chi connectivity index (χ1v) is 5.62. The van der Waals surface area contributed by atoms with Gasteiger partial charge in [0.05, 0.1) is 11.7 Å². The monoisotopic (exact) mass is 253 g/mol. The maximum absolute atomic E-state index is 13.5. The Hall–Kier alpha value is -1.82. The summed E-state index contributed by atoms with van der Waals surface area (Å²) in [5, 5.41) is 13.8. The first-order chi connectivity index (χ1) is 8.63. The molecular weight excluding hydrogens is 240 g/mol. The summed E-state index contributed by atoms with van der Waals surface area (Å²) in [5.74, 6) is -1.03. The van der Waals surface area contributed by atoms with Gasteiger partial charge in [0.25, 0.3) is 0 Å². The van der Waals surface area contributed by atoms with Gasteiger partial charge in [-0.1, -0.05) is 6.07 Å². The summed E-state index contributed by atoms with van der Waals surface area (Å²) in [7, 11) is 0. The van der Waals surface area contributed by atoms with Crippen LogP contribution < -0.4 is 0 Å². The molecule has 1 heterocycles. The maximum Gasteiger partial charge on any atom is 0.138 e. The lowest BCUT2D eigenvalue weighted by molar-refractivity contribution is 0.164. The maximum atomic E-state index is 13.5. The van der Waals surface area contributed by atoms with Crippen LogP contribution in [0.25, 0.3) is 0 Å². The van der Waals surface area contributed by atoms with Crippen molar-refractivity contribution in [3.8, 4) is 0 Å². The van der Waals surface area contributed by atoms with Crippen LogP contribution in [0.3, 0.4) is 0 Å². The fourth-order valence-electron chi connectivity index (χ4n) is 1.81. The van der Waals surface area contributed by atoms with Gasteiger partial charge < -0.3 is 5.11 Å². The Kier molecular flexibility index (Phi) is 3.66. The molecule has 2 rings (SSSR count). The van der Waals surface area contributed by atoms with Crippen molar-refractivity contribution in [3.63, 3.8) is 0 Å². The van der Waals surface area contributed by atoms with E-state index >= 15 is 0 Å². The van der Waals surface area contributed by atoms with E-state index in [0.29, 0.717) is 12.4 Å². The van der Waals surface area contributed by atoms with Crippen LogP contribution in [-0.4, -0.2) is 19.9 Å². The van der Waals surface area contributed by atoms with Gasteiger partial charge in [-0.3, -0.25) is 4.68 Å². The number of aryl methyl sites for hydroxylation is 1. The molecule has 6 heteroatoms. The Bertz CT molecular complexity index is 522. The number of benzene rings is 1. The number of hydrogen-bond donors (Lipinski definition) is 1. The Balaban J connectivity index is 2.25. The van der Waals surface area contributed by atoms with E-state index in [9.17, 15) is 13.9 Å². The second-order valence-corrected chi connectivity index (χ2v) is 3.85. The molecule has 0 bridgehead atoms. The third-order valence-corrected chi connectivity index (χ3v) is 2.70. The van der Waals surface area contributed by atoms with Gasteiger partial charge in [-0.2, -0.15) is 5.10 Å². The molecule has 1 aromatic heterocycles. The first kappa shape index (κ1) is 12.6. The van der Waals surface area contributed by atoms with Crippen LogP contribution >= 0.6 is 0 Å². The average molecular weight is 253 g/mol. The Morgan fingerprint density at radius 1 is 1.33 bits per heavy atom. The number of nitrogens with zero attached hydrogens (tertiary/aromatic N) is 3. The largest absolute Gasteiger partial charge is 0.388 e. The van der Waals surface area contributed by atoms with Gasteiger partial charge in [0.2, 0.25) is 0 Å². The van der Waals surface area contributed by atoms with Crippen molar-refractivity contribution in [3.05, 3.63) is 47.5 Å². The van der Waals surface area contributed by atoms with Crippen molar-refractivity contribution in [2.24, 2.45) is 0 Å². The first-order valence-electron chi connectivity index (χ1n) is 5.62. The van der Waals surface area contributed by atoms with Gasteiger partial charge in [0, 0.05) is 13.0 Å². The lowest BCUT2D eigenvalue weighted by Crippen LogP contribution is -2.12. The van der Waals surface area contributed by atoms with E-state index in [-0.39, 0.29) is 12.0 Å². The van der Waals surface area contributed by atoms with E-state index in [4.69, 9.17) is 0 Å². The summed E-state index contributed by atoms with van der Waals surface area (Å²) in [6.45, 7) is 2.45. The van der Waals surface area contributed by atoms with Gasteiger partial charge in [0.1, 0.15) is 23.8 Å². The zero-order valence-corrected chi connectivity index (χ0v) is 9.85. The topological polar surface area (TPSA) is 50.9 Å². The minimum absolute atomic E-state index is 0.0195. The summed E-state index contributed by atoms with van der Waals surface area (Å²) in [4.78, 5) is 3.96. The Morgan fingerprint density at radius 2 is 2.00 bits per heavy atom. The lowest BCUT2D eigenvalue weighted by Gasteiger charge is -2.12. The van der Waals surface area contributed by atoms with Crippen LogP contribution in [0.4, 0.5) is 8.78 Å². The number of halogens is 2. The standard InChI is InChI=1S/C12H13F2N3O/c1-2-17-11(15-7-16-17)6-10(18)12-8(13)4-3-5-9(12)14/h3-5,7,10,18H,2,6H2,1H3. The van der Waals surface area contributed by atoms with Crippen molar-refractivity contribution in [1.82, 2.24) is 14.8 Å². The Morgan fingerprint density at radius 3 is 2.61 bits per heavy atom. The van der Waals surface area contributed by atoms with E-state index in [2.05, 4.69) is 10.1 Å². The molecule has 18 heavy (non-hydrogen) atoms. The zero-order chi connectivity index (χ0) is 13.1. The second-order valence-electron chi connectivity index (χ2n) is 3.85. The summed E-state index contributed by atoms with van der Waals surface area (Å²) >= 11 is 0. The number of aromatic nitrogens is 3. The highest BCUT2D eigenvalue weighted by Gasteiger charge is 2.20. The van der Waals surface area contributed by atoms with Crippen LogP contribution in [0.1, 0.15) is 24.4 Å². The third-order valence-electron chi connectivity index (χ3n) is 2.70. The van der Waals surface area contributed by atoms with Crippen molar-refractivity contribution in [1.29, 1.82) is 0 Å². The SMILES string of the molecule is CCn1ncnc1CC(O)c1c(F)cccc1F. The van der Waals surface area contributed by atoms with Crippen LogP contribution in [0, 0.1) is 11.6 Å². The van der Waals surface area contributed by atoms with Crippen LogP contribution in [-0.2, 0) is 13.0 Å². The molecule has 0 radical (unpaired) electrons. The summed E-state index contributed by atoms with van der Waals surface area (Å²) in [6.07, 6.45) is 0.0929. The van der Waals surface area contributed by atoms with Gasteiger partial charge in [-0.05, 0) is 19.1 Å². The summed E-state index contributed by atoms with van der Waals surface area (Å²) in [5.41, 5.74) is -0.330. The highest BCUT2D eigenvalue weighted by molar-refractivity contribution is 5.22. The summed E-state index contributed by atoms with van der Waals surface area (Å²) < 4.78 is 28.5. The molecule has 1 N–H and O–H groups in total. The van der Waals surface area contributed by atoms with Crippen molar-refractivity contribution in [2.45, 2.75) is 26.0 Å². The smallest absolute Gasteiger partial charge is 0.138 e. The molecule has 0 aliphatic heterocycles. The van der Waals surface area contributed by atoms with E-state index in [1.165, 1.54) is 12.4 Å². The number of aliphatic hydroxyl groups excluding tert-OH is 1. The molecule has 1 atom stereocenters. The molecule has 0 saturated heterocycles. The molecular formula is C12H13F2N3O. The molecule has 0 fully saturated rings. The molecule has 0 saturated carbocycles. The molecule has 1 aromatic carbocycles. The lowest BCUT2D eigenvalue weighted by atomic mass is 10.0. The van der Waals surface area contributed by atoms with Gasteiger partial charge in [-0.15, -0.1) is 0 Å². The molecule has 1 unspecified atom stereocenters. The molecule has 0 aliphatic rings. The molecule has 4 nitrogen and oxygen atoms in total. The van der Waals surface area contributed by atoms with Crippen molar-refractivity contribution in [2.75, 3.05) is 0 Å². The van der Waals surface area contributed by atoms with E-state index < -0.39 is 17.7 Å². The fourth-order valence-corrected chi connectivity index (χ4v) is 1.81. The second kappa shape index (κ2) is 5.22. The van der Waals surface area contributed by atoms with Gasteiger partial charge >= 0.3 is 0 Å². The number of aliphatic hydroxyl groups is 1. The van der Waals surface area contributed by atoms with Crippen molar-refractivity contribution >= 4 is 0 Å². The zero-order valence-electron chi connectivity index (χ0n) is 9.85. The molecule has 0 amide bonds. The van der Waals surface area contributed by atoms with Crippen LogP contribution in [0.5, 0.6) is 0 Å². The predicted molar refractivity (Wildman–Crippen MR) is 60.7 cm³/mol. The quantitative estimate of drug-likeness (QED) is 0.904. The molecule has 0 aliphatic carbocycles. The minimum Gasteiger partial charge on any atom is -0.388 e. The average Bonchev–Trinajstić information content (AvgIpc) is 2.76. The third kappa shape index (κ3) is 2.38.